The molecule has 0 saturated carbocycles. The molecule has 0 saturated heterocycles. The molecule has 2 heterocycles. The van der Waals surface area contributed by atoms with Gasteiger partial charge in [0.15, 0.2) is 0 Å². The van der Waals surface area contributed by atoms with Gasteiger partial charge in [0.2, 0.25) is 0 Å². The second-order valence-electron chi connectivity index (χ2n) is 13.6. The number of fused-ring (bicyclic) bond motifs is 4. The van der Waals surface area contributed by atoms with Crippen molar-refractivity contribution in [2.24, 2.45) is 0 Å². The summed E-state index contributed by atoms with van der Waals surface area (Å²) in [6.07, 6.45) is 0. The first-order chi connectivity index (χ1) is 20.7. The molecular weight excluding hydrogens is 520 g/mol. The van der Waals surface area contributed by atoms with E-state index in [0.717, 1.165) is 0 Å². The number of para-hydroxylation sites is 1. The molecule has 0 aliphatic carbocycles. The largest absolute Gasteiger partial charge is 0.355 e. The van der Waals surface area contributed by atoms with Crippen LogP contribution >= 0.6 is 0 Å². The molecule has 0 radical (unpaired) electrons. The smallest absolute Gasteiger partial charge is 0.0454 e. The lowest BCUT2D eigenvalue weighted by Gasteiger charge is -2.43. The summed E-state index contributed by atoms with van der Waals surface area (Å²) in [5, 5.41) is 11.8. The van der Waals surface area contributed by atoms with Crippen molar-refractivity contribution < 1.29 is 0 Å². The van der Waals surface area contributed by atoms with E-state index < -0.39 is 0 Å². The number of nitrogens with one attached hydrogen (secondary N) is 1. The number of hydrogen-bond acceptors (Lipinski definition) is 2. The average molecular weight is 555 g/mol. The van der Waals surface area contributed by atoms with Crippen LogP contribution in [-0.2, 0) is 10.8 Å². The van der Waals surface area contributed by atoms with Gasteiger partial charge in [-0.25, -0.2) is 0 Å². The molecule has 2 heteroatoms. The van der Waals surface area contributed by atoms with Gasteiger partial charge in [-0.05, 0) is 102 Å². The quantitative estimate of drug-likeness (QED) is 0.203. The molecule has 2 aliphatic heterocycles. The van der Waals surface area contributed by atoms with E-state index in [9.17, 15) is 0 Å². The Morgan fingerprint density at radius 3 is 2.05 bits per heavy atom. The van der Waals surface area contributed by atoms with Gasteiger partial charge < -0.3 is 10.2 Å². The Kier molecular flexibility index (Phi) is 4.70. The Hall–Kier alpha value is -4.82. The van der Waals surface area contributed by atoms with Crippen LogP contribution in [0.15, 0.2) is 109 Å². The summed E-state index contributed by atoms with van der Waals surface area (Å²) >= 11 is 0. The van der Waals surface area contributed by atoms with Crippen molar-refractivity contribution in [3.8, 4) is 11.1 Å². The van der Waals surface area contributed by atoms with Gasteiger partial charge in [-0.1, -0.05) is 100 Å². The van der Waals surface area contributed by atoms with Crippen molar-refractivity contribution in [3.63, 3.8) is 0 Å². The van der Waals surface area contributed by atoms with Crippen LogP contribution in [0.1, 0.15) is 49.9 Å². The number of rotatable bonds is 1. The van der Waals surface area contributed by atoms with Crippen molar-refractivity contribution in [2.45, 2.75) is 38.5 Å². The minimum atomic E-state index is -0.176. The summed E-state index contributed by atoms with van der Waals surface area (Å²) in [5.41, 5.74) is 12.7. The summed E-state index contributed by atoms with van der Waals surface area (Å²) < 4.78 is 0. The SMILES string of the molecule is CN1c2ccc(-c3cc4cccc5ccc6cccc3c6c54)cc2C(C)(C)c2cc3c(cc21)C(C)(C)c1ccccc1N3. The molecule has 0 aromatic heterocycles. The van der Waals surface area contributed by atoms with Crippen LogP contribution in [0.3, 0.4) is 0 Å². The summed E-state index contributed by atoms with van der Waals surface area (Å²) in [5.74, 6) is 0. The fourth-order valence-corrected chi connectivity index (χ4v) is 8.19. The minimum absolute atomic E-state index is 0.0883. The molecular formula is C41H34N2. The molecule has 9 rings (SSSR count). The van der Waals surface area contributed by atoms with Gasteiger partial charge in [-0.2, -0.15) is 0 Å². The highest BCUT2D eigenvalue weighted by Crippen LogP contribution is 2.54. The van der Waals surface area contributed by atoms with E-state index in [1.807, 2.05) is 0 Å². The van der Waals surface area contributed by atoms with E-state index in [4.69, 9.17) is 0 Å². The predicted octanol–water partition coefficient (Wildman–Crippen LogP) is 11.0. The zero-order chi connectivity index (χ0) is 29.2. The third kappa shape index (κ3) is 3.19. The van der Waals surface area contributed by atoms with Crippen LogP contribution < -0.4 is 10.2 Å². The second-order valence-corrected chi connectivity index (χ2v) is 13.6. The lowest BCUT2D eigenvalue weighted by atomic mass is 9.69. The first-order valence-corrected chi connectivity index (χ1v) is 15.3. The number of benzene rings is 7. The first-order valence-electron chi connectivity index (χ1n) is 15.3. The molecule has 7 aromatic rings. The highest BCUT2D eigenvalue weighted by Gasteiger charge is 2.40. The Labute approximate surface area is 252 Å². The lowest BCUT2D eigenvalue weighted by molar-refractivity contribution is 0.617. The standard InChI is InChI=1S/C41H34N2/c1-40(2)30-14-6-7-15-34(30)42-35-22-33-37(23-31(35)40)43(5)36-19-18-26(21-32(36)41(33,3)4)29-20-27-12-8-10-24-16-17-25-11-9-13-28(29)39(25)38(24)27/h6-23,42H,1-5H3. The molecule has 0 bridgehead atoms. The summed E-state index contributed by atoms with van der Waals surface area (Å²) in [6.45, 7) is 9.48. The van der Waals surface area contributed by atoms with E-state index in [0.29, 0.717) is 0 Å². The molecule has 2 nitrogen and oxygen atoms in total. The average Bonchev–Trinajstić information content (AvgIpc) is 3.02. The second kappa shape index (κ2) is 8.17. The first kappa shape index (κ1) is 24.7. The third-order valence-electron chi connectivity index (χ3n) is 10.6. The molecule has 7 aromatic carbocycles. The Morgan fingerprint density at radius 2 is 1.21 bits per heavy atom. The molecule has 0 fully saturated rings. The Morgan fingerprint density at radius 1 is 0.512 bits per heavy atom. The Bertz CT molecular complexity index is 2290. The van der Waals surface area contributed by atoms with Crippen molar-refractivity contribution in [1.29, 1.82) is 0 Å². The monoisotopic (exact) mass is 554 g/mol. The lowest BCUT2D eigenvalue weighted by Crippen LogP contribution is -2.33. The number of hydrogen-bond donors (Lipinski definition) is 1. The molecule has 0 amide bonds. The van der Waals surface area contributed by atoms with Crippen LogP contribution in [-0.4, -0.2) is 7.05 Å². The molecule has 2 aliphatic rings. The fourth-order valence-electron chi connectivity index (χ4n) is 8.19. The topological polar surface area (TPSA) is 15.3 Å². The number of anilines is 4. The maximum absolute atomic E-state index is 3.79. The maximum Gasteiger partial charge on any atom is 0.0454 e. The Balaban J connectivity index is 1.25. The molecule has 0 atom stereocenters. The van der Waals surface area contributed by atoms with Gasteiger partial charge in [0.1, 0.15) is 0 Å². The van der Waals surface area contributed by atoms with Crippen LogP contribution in [0, 0.1) is 0 Å². The molecule has 0 spiro atoms. The van der Waals surface area contributed by atoms with Crippen molar-refractivity contribution in [2.75, 3.05) is 17.3 Å². The van der Waals surface area contributed by atoms with Crippen LogP contribution in [0.5, 0.6) is 0 Å². The highest BCUT2D eigenvalue weighted by molar-refractivity contribution is 6.26. The van der Waals surface area contributed by atoms with E-state index in [1.165, 1.54) is 88.4 Å². The van der Waals surface area contributed by atoms with Gasteiger partial charge in [0.25, 0.3) is 0 Å². The highest BCUT2D eigenvalue weighted by atomic mass is 15.1. The van der Waals surface area contributed by atoms with Gasteiger partial charge in [0, 0.05) is 40.6 Å². The summed E-state index contributed by atoms with van der Waals surface area (Å²) in [6, 6.07) is 41.1. The molecule has 208 valence electrons. The van der Waals surface area contributed by atoms with E-state index in [1.54, 1.807) is 0 Å². The fraction of sp³-hybridized carbons (Fsp3) is 0.171. The van der Waals surface area contributed by atoms with Crippen molar-refractivity contribution in [1.82, 2.24) is 0 Å². The van der Waals surface area contributed by atoms with Gasteiger partial charge in [0.05, 0.1) is 0 Å². The number of nitrogens with zero attached hydrogens (tertiary/aromatic N) is 1. The van der Waals surface area contributed by atoms with E-state index in [2.05, 4.69) is 154 Å². The van der Waals surface area contributed by atoms with E-state index in [-0.39, 0.29) is 10.8 Å². The summed E-state index contributed by atoms with van der Waals surface area (Å²) in [4.78, 5) is 2.41. The minimum Gasteiger partial charge on any atom is -0.355 e. The maximum atomic E-state index is 3.79. The molecule has 1 N–H and O–H groups in total. The van der Waals surface area contributed by atoms with Crippen LogP contribution in [0.4, 0.5) is 22.7 Å². The van der Waals surface area contributed by atoms with Gasteiger partial charge in [-0.15, -0.1) is 0 Å². The zero-order valence-electron chi connectivity index (χ0n) is 25.3. The van der Waals surface area contributed by atoms with Crippen molar-refractivity contribution in [3.05, 3.63) is 131 Å². The zero-order valence-corrected chi connectivity index (χ0v) is 25.3. The molecule has 43 heavy (non-hydrogen) atoms. The third-order valence-corrected chi connectivity index (χ3v) is 10.6. The van der Waals surface area contributed by atoms with Gasteiger partial charge >= 0.3 is 0 Å². The summed E-state index contributed by atoms with van der Waals surface area (Å²) in [7, 11) is 2.23. The van der Waals surface area contributed by atoms with Crippen LogP contribution in [0.25, 0.3) is 43.4 Å². The normalized spacial score (nSPS) is 16.1. The van der Waals surface area contributed by atoms with Gasteiger partial charge in [-0.3, -0.25) is 0 Å². The predicted molar refractivity (Wildman–Crippen MR) is 184 cm³/mol. The molecule has 0 unspecified atom stereocenters. The van der Waals surface area contributed by atoms with Crippen molar-refractivity contribution >= 4 is 55.1 Å². The van der Waals surface area contributed by atoms with E-state index >= 15 is 0 Å². The van der Waals surface area contributed by atoms with Crippen LogP contribution in [0.2, 0.25) is 0 Å².